The number of carbonyl (C=O) groups is 4. The quantitative estimate of drug-likeness (QED) is 0.0169. The van der Waals surface area contributed by atoms with Crippen LogP contribution < -0.4 is 0 Å². The number of phosphoric ester groups is 2. The second-order valence-electron chi connectivity index (χ2n) is 26.1. The summed E-state index contributed by atoms with van der Waals surface area (Å²) >= 11 is 0. The largest absolute Gasteiger partial charge is 0.472 e. The third-order valence-corrected chi connectivity index (χ3v) is 18.3. The van der Waals surface area contributed by atoms with E-state index in [0.29, 0.717) is 25.7 Å². The van der Waals surface area contributed by atoms with Crippen LogP contribution in [0.3, 0.4) is 0 Å². The zero-order chi connectivity index (χ0) is 67.7. The van der Waals surface area contributed by atoms with Crippen molar-refractivity contribution in [2.24, 2.45) is 5.92 Å². The summed E-state index contributed by atoms with van der Waals surface area (Å²) in [7, 11) is -9.91. The number of esters is 4. The predicted molar refractivity (Wildman–Crippen MR) is 372 cm³/mol. The molecule has 5 atom stereocenters. The van der Waals surface area contributed by atoms with Crippen LogP contribution in [0.2, 0.25) is 0 Å². The van der Waals surface area contributed by atoms with E-state index in [1.807, 2.05) is 0 Å². The molecule has 0 rings (SSSR count). The molecule has 542 valence electrons. The van der Waals surface area contributed by atoms with Gasteiger partial charge in [0.2, 0.25) is 0 Å². The van der Waals surface area contributed by atoms with E-state index in [1.54, 1.807) is 0 Å². The van der Waals surface area contributed by atoms with E-state index in [2.05, 4.69) is 58.9 Å². The molecule has 0 aliphatic carbocycles. The molecule has 0 aromatic rings. The van der Waals surface area contributed by atoms with Crippen molar-refractivity contribution in [2.45, 2.75) is 374 Å². The van der Waals surface area contributed by atoms with Crippen molar-refractivity contribution in [3.8, 4) is 0 Å². The van der Waals surface area contributed by atoms with Crippen LogP contribution in [-0.4, -0.2) is 96.7 Å². The Bertz CT molecular complexity index is 1860. The fraction of sp³-hybridized carbons (Fsp3) is 0.890. The van der Waals surface area contributed by atoms with Gasteiger partial charge in [-0.25, -0.2) is 9.13 Å². The molecule has 0 aliphatic heterocycles. The van der Waals surface area contributed by atoms with Gasteiger partial charge in [0.25, 0.3) is 0 Å². The van der Waals surface area contributed by atoms with Crippen molar-refractivity contribution < 1.29 is 80.2 Å². The number of allylic oxidation sites excluding steroid dienone is 4. The normalized spacial score (nSPS) is 14.2. The lowest BCUT2D eigenvalue weighted by atomic mass is 10.0. The molecule has 19 heteroatoms. The molecule has 0 fully saturated rings. The van der Waals surface area contributed by atoms with Crippen LogP contribution in [0.4, 0.5) is 0 Å². The second-order valence-corrected chi connectivity index (χ2v) is 29.0. The first-order valence-corrected chi connectivity index (χ1v) is 40.4. The van der Waals surface area contributed by atoms with Crippen molar-refractivity contribution in [1.82, 2.24) is 0 Å². The molecule has 2 unspecified atom stereocenters. The SMILES string of the molecule is CCCCCC/C=C\C=C/CCCCCCCC(=O)OC[C@H](COP(=O)(O)OC[C@@H](O)COP(=O)(O)OC[C@@H](COC(=O)CCCCCCCCCC)OC(=O)CCCCCCCCCC)OC(=O)CCCCCCCCCCCCCCCCCCCCC(C)C. The molecule has 0 aliphatic rings. The lowest BCUT2D eigenvalue weighted by molar-refractivity contribution is -0.161. The molecule has 17 nitrogen and oxygen atoms in total. The molecule has 0 saturated heterocycles. The lowest BCUT2D eigenvalue weighted by Crippen LogP contribution is -2.30. The maximum atomic E-state index is 13.1. The predicted octanol–water partition coefficient (Wildman–Crippen LogP) is 20.9. The molecule has 0 spiro atoms. The minimum atomic E-state index is -4.96. The van der Waals surface area contributed by atoms with Gasteiger partial charge in [-0.1, -0.05) is 303 Å². The standard InChI is InChI=1S/C73H138O17P2/c1-6-9-12-15-18-21-22-23-28-32-35-38-43-47-52-57-71(76)84-63-69(90-73(78)59-54-49-44-39-36-33-30-27-25-24-26-29-31-34-37-40-45-50-55-66(4)5)65-88-92(81,82)86-61-67(74)60-85-91(79,80)87-64-68(89-72(77)58-53-48-42-20-17-14-11-8-3)62-83-70(75)56-51-46-41-19-16-13-10-7-2/h21-23,28,66-69,74H,6-20,24-27,29-65H2,1-5H3,(H,79,80)(H,81,82)/b22-21-,28-23-/t67-,68+,69+/m0/s1. The number of ether oxygens (including phenoxy) is 4. The summed E-state index contributed by atoms with van der Waals surface area (Å²) in [5, 5.41) is 10.6. The number of rotatable bonds is 71. The van der Waals surface area contributed by atoms with Gasteiger partial charge < -0.3 is 33.8 Å². The Morgan fingerprint density at radius 3 is 0.891 bits per heavy atom. The fourth-order valence-electron chi connectivity index (χ4n) is 10.6. The molecule has 0 amide bonds. The molecule has 0 bridgehead atoms. The van der Waals surface area contributed by atoms with E-state index < -0.39 is 97.5 Å². The summed E-state index contributed by atoms with van der Waals surface area (Å²) in [4.78, 5) is 72.4. The number of aliphatic hydroxyl groups is 1. The molecular weight excluding hydrogens is 1210 g/mol. The summed E-state index contributed by atoms with van der Waals surface area (Å²) in [6, 6.07) is 0. The average molecular weight is 1350 g/mol. The summed E-state index contributed by atoms with van der Waals surface area (Å²) in [6.07, 6.45) is 56.6. The van der Waals surface area contributed by atoms with Crippen LogP contribution in [0.25, 0.3) is 0 Å². The zero-order valence-electron chi connectivity index (χ0n) is 59.2. The highest BCUT2D eigenvalue weighted by Crippen LogP contribution is 2.45. The summed E-state index contributed by atoms with van der Waals surface area (Å²) < 4.78 is 68.2. The summed E-state index contributed by atoms with van der Waals surface area (Å²) in [5.74, 6) is -1.34. The van der Waals surface area contributed by atoms with Crippen molar-refractivity contribution in [3.05, 3.63) is 24.3 Å². The van der Waals surface area contributed by atoms with Crippen LogP contribution in [-0.2, 0) is 65.4 Å². The Morgan fingerprint density at radius 1 is 0.337 bits per heavy atom. The average Bonchev–Trinajstić information content (AvgIpc) is 3.41. The van der Waals surface area contributed by atoms with Gasteiger partial charge in [-0.05, 0) is 57.3 Å². The Balaban J connectivity index is 5.18. The van der Waals surface area contributed by atoms with Gasteiger partial charge in [-0.2, -0.15) is 0 Å². The molecule has 3 N–H and O–H groups in total. The van der Waals surface area contributed by atoms with Crippen LogP contribution in [0.5, 0.6) is 0 Å². The van der Waals surface area contributed by atoms with Crippen molar-refractivity contribution in [2.75, 3.05) is 39.6 Å². The van der Waals surface area contributed by atoms with Gasteiger partial charge in [0.1, 0.15) is 19.3 Å². The Hall–Kier alpha value is -2.46. The zero-order valence-corrected chi connectivity index (χ0v) is 61.0. The van der Waals surface area contributed by atoms with E-state index in [4.69, 9.17) is 37.0 Å². The first-order chi connectivity index (χ1) is 44.5. The van der Waals surface area contributed by atoms with E-state index in [1.165, 1.54) is 148 Å². The van der Waals surface area contributed by atoms with Crippen LogP contribution >= 0.6 is 15.6 Å². The van der Waals surface area contributed by atoms with Crippen molar-refractivity contribution >= 4 is 39.5 Å². The monoisotopic (exact) mass is 1350 g/mol. The van der Waals surface area contributed by atoms with Gasteiger partial charge in [0.05, 0.1) is 26.4 Å². The molecule has 0 aromatic heterocycles. The first-order valence-electron chi connectivity index (χ1n) is 37.5. The van der Waals surface area contributed by atoms with Crippen molar-refractivity contribution in [1.29, 1.82) is 0 Å². The number of unbranched alkanes of at least 4 members (excludes halogenated alkanes) is 40. The molecule has 0 radical (unpaired) electrons. The smallest absolute Gasteiger partial charge is 0.462 e. The molecule has 0 aromatic carbocycles. The first kappa shape index (κ1) is 89.5. The minimum absolute atomic E-state index is 0.101. The van der Waals surface area contributed by atoms with Gasteiger partial charge >= 0.3 is 39.5 Å². The highest BCUT2D eigenvalue weighted by Gasteiger charge is 2.30. The molecule has 0 saturated carbocycles. The topological polar surface area (TPSA) is 237 Å². The number of hydrogen-bond donors (Lipinski definition) is 3. The van der Waals surface area contributed by atoms with Crippen LogP contribution in [0.1, 0.15) is 356 Å². The number of carbonyl (C=O) groups excluding carboxylic acids is 4. The molecular formula is C73H138O17P2. The Morgan fingerprint density at radius 2 is 0.587 bits per heavy atom. The Labute approximate surface area is 561 Å². The highest BCUT2D eigenvalue weighted by atomic mass is 31.2. The number of phosphoric acid groups is 2. The van der Waals surface area contributed by atoms with Gasteiger partial charge in [-0.3, -0.25) is 37.3 Å². The maximum Gasteiger partial charge on any atom is 0.472 e. The third kappa shape index (κ3) is 66.2. The minimum Gasteiger partial charge on any atom is -0.462 e. The van der Waals surface area contributed by atoms with E-state index in [0.717, 1.165) is 128 Å². The Kier molecular flexibility index (Phi) is 64.0. The summed E-state index contributed by atoms with van der Waals surface area (Å²) in [5.41, 5.74) is 0. The van der Waals surface area contributed by atoms with Crippen molar-refractivity contribution in [3.63, 3.8) is 0 Å². The third-order valence-electron chi connectivity index (χ3n) is 16.4. The van der Waals surface area contributed by atoms with E-state index >= 15 is 0 Å². The van der Waals surface area contributed by atoms with E-state index in [-0.39, 0.29) is 25.7 Å². The van der Waals surface area contributed by atoms with Gasteiger partial charge in [0, 0.05) is 25.7 Å². The molecule has 0 heterocycles. The maximum absolute atomic E-state index is 13.1. The van der Waals surface area contributed by atoms with E-state index in [9.17, 15) is 43.2 Å². The fourth-order valence-corrected chi connectivity index (χ4v) is 12.2. The number of aliphatic hydroxyl groups excluding tert-OH is 1. The molecule has 92 heavy (non-hydrogen) atoms. The van der Waals surface area contributed by atoms with Crippen LogP contribution in [0.15, 0.2) is 24.3 Å². The van der Waals surface area contributed by atoms with Crippen LogP contribution in [0, 0.1) is 5.92 Å². The van der Waals surface area contributed by atoms with Gasteiger partial charge in [0.15, 0.2) is 12.2 Å². The second kappa shape index (κ2) is 65.8. The highest BCUT2D eigenvalue weighted by molar-refractivity contribution is 7.47. The number of hydrogen-bond acceptors (Lipinski definition) is 15. The van der Waals surface area contributed by atoms with Gasteiger partial charge in [-0.15, -0.1) is 0 Å². The lowest BCUT2D eigenvalue weighted by Gasteiger charge is -2.21. The summed E-state index contributed by atoms with van der Waals surface area (Å²) in [6.45, 7) is 7.18.